The van der Waals surface area contributed by atoms with Gasteiger partial charge in [0.25, 0.3) is 0 Å². The normalized spacial score (nSPS) is 11.4. The summed E-state index contributed by atoms with van der Waals surface area (Å²) in [5.74, 6) is -8.53. The van der Waals surface area contributed by atoms with Crippen LogP contribution in [-0.2, 0) is 4.79 Å². The van der Waals surface area contributed by atoms with Crippen molar-refractivity contribution in [2.24, 2.45) is 0 Å². The van der Waals surface area contributed by atoms with Crippen molar-refractivity contribution in [1.82, 2.24) is 4.98 Å². The molecule has 0 radical (unpaired) electrons. The number of hydrogen-bond donors (Lipinski definition) is 2. The zero-order chi connectivity index (χ0) is 13.9. The third-order valence-corrected chi connectivity index (χ3v) is 1.81. The van der Waals surface area contributed by atoms with Gasteiger partial charge in [0.15, 0.2) is 0 Å². The van der Waals surface area contributed by atoms with Crippen molar-refractivity contribution in [1.29, 1.82) is 0 Å². The molecule has 0 aromatic carbocycles. The van der Waals surface area contributed by atoms with E-state index in [0.29, 0.717) is 0 Å². The predicted molar refractivity (Wildman–Crippen MR) is 50.8 cm³/mol. The van der Waals surface area contributed by atoms with E-state index >= 15 is 0 Å². The van der Waals surface area contributed by atoms with Gasteiger partial charge in [-0.15, -0.1) is 0 Å². The van der Waals surface area contributed by atoms with E-state index < -0.39 is 29.9 Å². The van der Waals surface area contributed by atoms with Gasteiger partial charge < -0.3 is 10.4 Å². The van der Waals surface area contributed by atoms with E-state index in [0.717, 1.165) is 18.3 Å². The number of aromatic carboxylic acids is 1. The number of carbonyl (C=O) groups is 2. The van der Waals surface area contributed by atoms with Crippen LogP contribution in [0.4, 0.5) is 23.2 Å². The number of carboxylic acids is 1. The van der Waals surface area contributed by atoms with Gasteiger partial charge in [-0.1, -0.05) is 0 Å². The van der Waals surface area contributed by atoms with Crippen LogP contribution in [0.3, 0.4) is 0 Å². The summed E-state index contributed by atoms with van der Waals surface area (Å²) in [4.78, 5) is 24.7. The molecule has 0 unspecified atom stereocenters. The van der Waals surface area contributed by atoms with Crippen LogP contribution in [0.15, 0.2) is 18.3 Å². The maximum Gasteiger partial charge on any atom is 0.383 e. The van der Waals surface area contributed by atoms with Gasteiger partial charge in [0.1, 0.15) is 5.69 Å². The molecule has 0 bridgehead atoms. The number of anilines is 1. The highest BCUT2D eigenvalue weighted by Crippen LogP contribution is 2.24. The quantitative estimate of drug-likeness (QED) is 0.811. The molecule has 1 aromatic rings. The molecule has 0 atom stereocenters. The van der Waals surface area contributed by atoms with Crippen LogP contribution in [-0.4, -0.2) is 34.3 Å². The van der Waals surface area contributed by atoms with Crippen LogP contribution < -0.4 is 5.32 Å². The van der Waals surface area contributed by atoms with Gasteiger partial charge in [-0.3, -0.25) is 4.79 Å². The third kappa shape index (κ3) is 2.93. The lowest BCUT2D eigenvalue weighted by atomic mass is 10.2. The number of amides is 1. The van der Waals surface area contributed by atoms with Gasteiger partial charge in [0.05, 0.1) is 0 Å². The second-order valence-corrected chi connectivity index (χ2v) is 3.11. The minimum Gasteiger partial charge on any atom is -0.477 e. The number of aromatic nitrogens is 1. The Kier molecular flexibility index (Phi) is 3.84. The Balaban J connectivity index is 2.89. The molecule has 1 heterocycles. The number of rotatable bonds is 4. The zero-order valence-electron chi connectivity index (χ0n) is 8.53. The van der Waals surface area contributed by atoms with Crippen molar-refractivity contribution in [2.75, 3.05) is 5.32 Å². The standard InChI is InChI=1S/C9H6F4N2O3/c10-7(11)9(12,13)8(18)15-4-1-2-14-5(3-4)6(16)17/h1-3,7H,(H,16,17)(H,14,15,18). The van der Waals surface area contributed by atoms with Gasteiger partial charge in [0, 0.05) is 11.9 Å². The van der Waals surface area contributed by atoms with E-state index in [2.05, 4.69) is 4.98 Å². The number of nitrogens with zero attached hydrogens (tertiary/aromatic N) is 1. The van der Waals surface area contributed by atoms with E-state index in [1.165, 1.54) is 5.32 Å². The van der Waals surface area contributed by atoms with Gasteiger partial charge in [-0.2, -0.15) is 8.78 Å². The van der Waals surface area contributed by atoms with Crippen LogP contribution in [0.25, 0.3) is 0 Å². The Labute approximate surface area is 97.4 Å². The van der Waals surface area contributed by atoms with Crippen molar-refractivity contribution >= 4 is 17.6 Å². The summed E-state index contributed by atoms with van der Waals surface area (Å²) in [6.07, 6.45) is -3.22. The largest absolute Gasteiger partial charge is 0.477 e. The molecule has 9 heteroatoms. The maximum atomic E-state index is 12.6. The lowest BCUT2D eigenvalue weighted by molar-refractivity contribution is -0.163. The number of carboxylic acid groups (broad SMARTS) is 1. The molecule has 0 aliphatic heterocycles. The monoisotopic (exact) mass is 266 g/mol. The fourth-order valence-corrected chi connectivity index (χ4v) is 0.939. The molecule has 0 saturated heterocycles. The molecular formula is C9H6F4N2O3. The van der Waals surface area contributed by atoms with Crippen molar-refractivity contribution < 1.29 is 32.3 Å². The summed E-state index contributed by atoms with van der Waals surface area (Å²) in [5.41, 5.74) is -0.888. The third-order valence-electron chi connectivity index (χ3n) is 1.81. The van der Waals surface area contributed by atoms with Gasteiger partial charge in [-0.05, 0) is 12.1 Å². The molecule has 0 fully saturated rings. The minimum absolute atomic E-state index is 0.368. The first-order chi connectivity index (χ1) is 8.25. The van der Waals surface area contributed by atoms with Gasteiger partial charge >= 0.3 is 24.2 Å². The SMILES string of the molecule is O=C(O)c1cc(NC(=O)C(F)(F)C(F)F)ccn1. The van der Waals surface area contributed by atoms with E-state index in [1.807, 2.05) is 0 Å². The highest BCUT2D eigenvalue weighted by molar-refractivity contribution is 5.97. The van der Waals surface area contributed by atoms with E-state index in [-0.39, 0.29) is 5.69 Å². The Morgan fingerprint density at radius 1 is 1.39 bits per heavy atom. The van der Waals surface area contributed by atoms with Crippen LogP contribution >= 0.6 is 0 Å². The first-order valence-corrected chi connectivity index (χ1v) is 4.42. The molecule has 1 aromatic heterocycles. The lowest BCUT2D eigenvalue weighted by Crippen LogP contribution is -2.41. The molecule has 5 nitrogen and oxygen atoms in total. The molecule has 2 N–H and O–H groups in total. The molecule has 0 aliphatic carbocycles. The highest BCUT2D eigenvalue weighted by atomic mass is 19.3. The molecular weight excluding hydrogens is 260 g/mol. The molecule has 0 saturated carbocycles. The Morgan fingerprint density at radius 2 is 2.00 bits per heavy atom. The molecule has 1 amide bonds. The minimum atomic E-state index is -4.85. The topological polar surface area (TPSA) is 79.3 Å². The number of pyridine rings is 1. The maximum absolute atomic E-state index is 12.6. The second kappa shape index (κ2) is 4.98. The van der Waals surface area contributed by atoms with Crippen molar-refractivity contribution in [3.8, 4) is 0 Å². The number of nitrogens with one attached hydrogen (secondary N) is 1. The Morgan fingerprint density at radius 3 is 2.50 bits per heavy atom. The average molecular weight is 266 g/mol. The van der Waals surface area contributed by atoms with E-state index in [4.69, 9.17) is 5.11 Å². The van der Waals surface area contributed by atoms with Gasteiger partial charge in [-0.25, -0.2) is 18.6 Å². The molecule has 98 valence electrons. The Bertz CT molecular complexity index is 479. The lowest BCUT2D eigenvalue weighted by Gasteiger charge is -2.14. The van der Waals surface area contributed by atoms with Gasteiger partial charge in [0.2, 0.25) is 0 Å². The molecule has 18 heavy (non-hydrogen) atoms. The number of halogens is 4. The van der Waals surface area contributed by atoms with Crippen molar-refractivity contribution in [3.63, 3.8) is 0 Å². The summed E-state index contributed by atoms with van der Waals surface area (Å²) in [6.45, 7) is 0. The van der Waals surface area contributed by atoms with E-state index in [1.54, 1.807) is 0 Å². The van der Waals surface area contributed by atoms with Crippen LogP contribution in [0.5, 0.6) is 0 Å². The summed E-state index contributed by atoms with van der Waals surface area (Å²) >= 11 is 0. The smallest absolute Gasteiger partial charge is 0.383 e. The zero-order valence-corrected chi connectivity index (χ0v) is 8.53. The highest BCUT2D eigenvalue weighted by Gasteiger charge is 2.48. The molecule has 0 spiro atoms. The summed E-state index contributed by atoms with van der Waals surface area (Å²) in [5, 5.41) is 10.0. The van der Waals surface area contributed by atoms with Crippen LogP contribution in [0, 0.1) is 0 Å². The second-order valence-electron chi connectivity index (χ2n) is 3.11. The fourth-order valence-electron chi connectivity index (χ4n) is 0.939. The Hall–Kier alpha value is -2.19. The fraction of sp³-hybridized carbons (Fsp3) is 0.222. The van der Waals surface area contributed by atoms with Crippen LogP contribution in [0.2, 0.25) is 0 Å². The first-order valence-electron chi connectivity index (χ1n) is 4.42. The summed E-state index contributed by atoms with van der Waals surface area (Å²) in [6, 6.07) is 1.76. The first kappa shape index (κ1) is 13.9. The van der Waals surface area contributed by atoms with Crippen molar-refractivity contribution in [2.45, 2.75) is 12.3 Å². The van der Waals surface area contributed by atoms with Crippen molar-refractivity contribution in [3.05, 3.63) is 24.0 Å². The summed E-state index contributed by atoms with van der Waals surface area (Å²) < 4.78 is 48.9. The number of alkyl halides is 4. The number of hydrogen-bond acceptors (Lipinski definition) is 3. The average Bonchev–Trinajstić information content (AvgIpc) is 2.28. The number of carbonyl (C=O) groups excluding carboxylic acids is 1. The predicted octanol–water partition coefficient (Wildman–Crippen LogP) is 1.62. The summed E-state index contributed by atoms with van der Waals surface area (Å²) in [7, 11) is 0. The van der Waals surface area contributed by atoms with Crippen LogP contribution in [0.1, 0.15) is 10.5 Å². The van der Waals surface area contributed by atoms with E-state index in [9.17, 15) is 27.2 Å². The molecule has 1 rings (SSSR count). The molecule has 0 aliphatic rings.